The molecule has 0 spiro atoms. The fraction of sp³-hybridized carbons (Fsp3) is 0.412. The first-order valence-corrected chi connectivity index (χ1v) is 8.13. The van der Waals surface area contributed by atoms with Gasteiger partial charge in [-0.3, -0.25) is 0 Å². The number of unbranched alkanes of at least 4 members (excludes halogenated alkanes) is 1. The van der Waals surface area contributed by atoms with E-state index in [1.54, 1.807) is 18.2 Å². The van der Waals surface area contributed by atoms with Gasteiger partial charge in [0.25, 0.3) is 5.88 Å². The van der Waals surface area contributed by atoms with Crippen molar-refractivity contribution in [3.63, 3.8) is 0 Å². The lowest BCUT2D eigenvalue weighted by Crippen LogP contribution is -2.12. The normalized spacial score (nSPS) is 10.9. The van der Waals surface area contributed by atoms with E-state index in [1.807, 2.05) is 20.8 Å². The summed E-state index contributed by atoms with van der Waals surface area (Å²) in [5.74, 6) is -0.0294. The Morgan fingerprint density at radius 2 is 2.08 bits per heavy atom. The molecule has 0 aliphatic heterocycles. The van der Waals surface area contributed by atoms with Crippen LogP contribution in [0.25, 0.3) is 10.8 Å². The van der Waals surface area contributed by atoms with Gasteiger partial charge in [-0.2, -0.15) is 4.98 Å². The summed E-state index contributed by atoms with van der Waals surface area (Å²) >= 11 is 6.11. The van der Waals surface area contributed by atoms with Crippen molar-refractivity contribution in [2.24, 2.45) is 0 Å². The average molecular weight is 354 g/mol. The number of fused-ring (bicyclic) bond motifs is 1. The Morgan fingerprint density at radius 1 is 1.33 bits per heavy atom. The summed E-state index contributed by atoms with van der Waals surface area (Å²) in [4.78, 5) is 15.5. The summed E-state index contributed by atoms with van der Waals surface area (Å²) in [5, 5.41) is 11.4. The number of pyridine rings is 1. The summed E-state index contributed by atoms with van der Waals surface area (Å²) in [7, 11) is 0. The molecule has 6 nitrogen and oxygen atoms in total. The van der Waals surface area contributed by atoms with Crippen LogP contribution in [0.15, 0.2) is 18.2 Å². The number of rotatable bonds is 6. The van der Waals surface area contributed by atoms with Crippen molar-refractivity contribution < 1.29 is 24.1 Å². The van der Waals surface area contributed by atoms with Gasteiger partial charge in [0.15, 0.2) is 5.75 Å². The van der Waals surface area contributed by atoms with E-state index in [0.717, 1.165) is 12.8 Å². The molecule has 2 aromatic rings. The van der Waals surface area contributed by atoms with Crippen LogP contribution in [0.4, 0.5) is 4.79 Å². The van der Waals surface area contributed by atoms with Gasteiger partial charge < -0.3 is 19.3 Å². The highest BCUT2D eigenvalue weighted by Gasteiger charge is 2.18. The minimum Gasteiger partial charge on any atom is -0.503 e. The zero-order valence-electron chi connectivity index (χ0n) is 13.8. The molecule has 1 N–H and O–H groups in total. The highest BCUT2D eigenvalue weighted by molar-refractivity contribution is 6.34. The molecule has 0 aliphatic carbocycles. The van der Waals surface area contributed by atoms with Crippen LogP contribution in [0.3, 0.4) is 0 Å². The van der Waals surface area contributed by atoms with Gasteiger partial charge in [-0.05, 0) is 38.5 Å². The van der Waals surface area contributed by atoms with Crippen LogP contribution in [0.5, 0.6) is 17.4 Å². The van der Waals surface area contributed by atoms with E-state index >= 15 is 0 Å². The molecule has 0 saturated carbocycles. The predicted octanol–water partition coefficient (Wildman–Crippen LogP) is 4.70. The van der Waals surface area contributed by atoms with Crippen LogP contribution in [0.2, 0.25) is 5.15 Å². The zero-order chi connectivity index (χ0) is 17.7. The molecule has 1 heterocycles. The largest absolute Gasteiger partial charge is 0.515 e. The monoisotopic (exact) mass is 353 g/mol. The van der Waals surface area contributed by atoms with Crippen molar-refractivity contribution in [3.05, 3.63) is 23.4 Å². The molecule has 0 saturated heterocycles. The number of hydrogen-bond donors (Lipinski definition) is 1. The lowest BCUT2D eigenvalue weighted by Gasteiger charge is -2.13. The van der Waals surface area contributed by atoms with Crippen LogP contribution in [-0.4, -0.2) is 29.0 Å². The Bertz CT molecular complexity index is 732. The van der Waals surface area contributed by atoms with Gasteiger partial charge >= 0.3 is 6.16 Å². The van der Waals surface area contributed by atoms with Crippen LogP contribution in [0.1, 0.15) is 33.6 Å². The lowest BCUT2D eigenvalue weighted by atomic mass is 10.1. The Kier molecular flexibility index (Phi) is 6.09. The molecule has 0 bridgehead atoms. The Hall–Kier alpha value is -2.21. The fourth-order valence-electron chi connectivity index (χ4n) is 2.04. The smallest absolute Gasteiger partial charge is 0.503 e. The molecule has 2 rings (SSSR count). The zero-order valence-corrected chi connectivity index (χ0v) is 14.6. The Balaban J connectivity index is 2.30. The molecule has 1 aromatic heterocycles. The summed E-state index contributed by atoms with van der Waals surface area (Å²) < 4.78 is 15.4. The minimum atomic E-state index is -0.934. The van der Waals surface area contributed by atoms with Gasteiger partial charge in [0, 0.05) is 10.8 Å². The minimum absolute atomic E-state index is 0.0221. The van der Waals surface area contributed by atoms with E-state index in [1.165, 1.54) is 0 Å². The number of halogens is 1. The highest BCUT2D eigenvalue weighted by atomic mass is 35.5. The number of benzene rings is 1. The summed E-state index contributed by atoms with van der Waals surface area (Å²) in [5.41, 5.74) is 0. The quantitative estimate of drug-likeness (QED) is 0.461. The van der Waals surface area contributed by atoms with Gasteiger partial charge in [-0.1, -0.05) is 24.9 Å². The summed E-state index contributed by atoms with van der Waals surface area (Å²) in [6, 6.07) is 5.04. The Labute approximate surface area is 145 Å². The van der Waals surface area contributed by atoms with Crippen LogP contribution in [0, 0.1) is 0 Å². The van der Waals surface area contributed by atoms with Crippen molar-refractivity contribution >= 4 is 28.5 Å². The van der Waals surface area contributed by atoms with Crippen LogP contribution in [-0.2, 0) is 4.74 Å². The first-order valence-electron chi connectivity index (χ1n) is 7.75. The third kappa shape index (κ3) is 4.41. The fourth-order valence-corrected chi connectivity index (χ4v) is 2.28. The molecule has 130 valence electrons. The molecule has 0 aliphatic rings. The van der Waals surface area contributed by atoms with E-state index in [-0.39, 0.29) is 29.5 Å². The van der Waals surface area contributed by atoms with Crippen molar-refractivity contribution in [1.82, 2.24) is 4.98 Å². The number of carbonyl (C=O) groups excluding carboxylic acids is 1. The maximum Gasteiger partial charge on any atom is 0.515 e. The van der Waals surface area contributed by atoms with Crippen molar-refractivity contribution in [3.8, 4) is 17.4 Å². The Morgan fingerprint density at radius 3 is 2.75 bits per heavy atom. The van der Waals surface area contributed by atoms with E-state index in [2.05, 4.69) is 4.98 Å². The number of hydrogen-bond acceptors (Lipinski definition) is 6. The number of ether oxygens (including phenoxy) is 3. The third-order valence-corrected chi connectivity index (χ3v) is 3.43. The first kappa shape index (κ1) is 18.1. The molecular formula is C17H20ClNO5. The highest BCUT2D eigenvalue weighted by Crippen LogP contribution is 2.38. The molecular weight excluding hydrogens is 334 g/mol. The molecule has 7 heteroatoms. The van der Waals surface area contributed by atoms with Gasteiger partial charge in [0.05, 0.1) is 12.7 Å². The maximum absolute atomic E-state index is 11.6. The van der Waals surface area contributed by atoms with Gasteiger partial charge in [0.1, 0.15) is 10.9 Å². The molecule has 0 atom stereocenters. The molecule has 0 radical (unpaired) electrons. The maximum atomic E-state index is 11.6. The van der Waals surface area contributed by atoms with E-state index in [9.17, 15) is 9.90 Å². The van der Waals surface area contributed by atoms with Crippen molar-refractivity contribution in [2.75, 3.05) is 6.61 Å². The lowest BCUT2D eigenvalue weighted by molar-refractivity contribution is 0.0952. The van der Waals surface area contributed by atoms with E-state index in [0.29, 0.717) is 16.5 Å². The summed E-state index contributed by atoms with van der Waals surface area (Å²) in [6.07, 6.45) is 0.655. The van der Waals surface area contributed by atoms with Crippen LogP contribution < -0.4 is 9.47 Å². The van der Waals surface area contributed by atoms with Gasteiger partial charge in [0.2, 0.25) is 0 Å². The second kappa shape index (κ2) is 8.06. The number of nitrogens with zero attached hydrogens (tertiary/aromatic N) is 1. The summed E-state index contributed by atoms with van der Waals surface area (Å²) in [6.45, 7) is 6.00. The standard InChI is InChI=1S/C17H20ClNO5/c1-4-5-8-22-17(21)24-16-14(20)13-9-11(23-10(2)3)6-7-12(13)15(18)19-16/h6-7,9-10,20H,4-5,8H2,1-3H3. The van der Waals surface area contributed by atoms with E-state index < -0.39 is 6.16 Å². The second-order valence-electron chi connectivity index (χ2n) is 5.48. The first-order chi connectivity index (χ1) is 11.4. The SMILES string of the molecule is CCCCOC(=O)Oc1nc(Cl)c2ccc(OC(C)C)cc2c1O. The van der Waals surface area contributed by atoms with Gasteiger partial charge in [-0.15, -0.1) is 0 Å². The molecule has 1 aromatic carbocycles. The predicted molar refractivity (Wildman–Crippen MR) is 91.1 cm³/mol. The molecule has 0 unspecified atom stereocenters. The number of aromatic hydroxyl groups is 1. The molecule has 0 amide bonds. The number of aromatic nitrogens is 1. The third-order valence-electron chi connectivity index (χ3n) is 3.14. The molecule has 24 heavy (non-hydrogen) atoms. The second-order valence-corrected chi connectivity index (χ2v) is 5.84. The van der Waals surface area contributed by atoms with Crippen molar-refractivity contribution in [2.45, 2.75) is 39.7 Å². The molecule has 0 fully saturated rings. The number of carbonyl (C=O) groups is 1. The van der Waals surface area contributed by atoms with E-state index in [4.69, 9.17) is 25.8 Å². The van der Waals surface area contributed by atoms with Crippen LogP contribution >= 0.6 is 11.6 Å². The van der Waals surface area contributed by atoms with Crippen molar-refractivity contribution in [1.29, 1.82) is 0 Å². The van der Waals surface area contributed by atoms with Gasteiger partial charge in [-0.25, -0.2) is 4.79 Å². The topological polar surface area (TPSA) is 77.9 Å². The average Bonchev–Trinajstić information content (AvgIpc) is 2.52.